The van der Waals surface area contributed by atoms with Gasteiger partial charge in [0.2, 0.25) is 5.54 Å². The van der Waals surface area contributed by atoms with Crippen molar-refractivity contribution in [1.82, 2.24) is 0 Å². The Bertz CT molecular complexity index is 462. The first-order valence-electron chi connectivity index (χ1n) is 5.21. The molecule has 2 rings (SSSR count). The van der Waals surface area contributed by atoms with E-state index in [2.05, 4.69) is 0 Å². The van der Waals surface area contributed by atoms with Gasteiger partial charge in [0.25, 0.3) is 0 Å². The van der Waals surface area contributed by atoms with Crippen LogP contribution in [0.5, 0.6) is 0 Å². The molecular weight excluding hydrogens is 202 g/mol. The molecule has 3 heteroatoms. The summed E-state index contributed by atoms with van der Waals surface area (Å²) in [5.41, 5.74) is 1.21. The van der Waals surface area contributed by atoms with Crippen molar-refractivity contribution in [1.29, 1.82) is 0 Å². The third-order valence-electron chi connectivity index (χ3n) is 2.88. The van der Waals surface area contributed by atoms with Gasteiger partial charge in [-0.1, -0.05) is 42.5 Å². The zero-order valence-corrected chi connectivity index (χ0v) is 9.09. The summed E-state index contributed by atoms with van der Waals surface area (Å²) in [5, 5.41) is 10.8. The molecule has 0 N–H and O–H groups in total. The topological polar surface area (TPSA) is 43.1 Å². The van der Waals surface area contributed by atoms with E-state index in [4.69, 9.17) is 0 Å². The maximum Gasteiger partial charge on any atom is 0.241 e. The van der Waals surface area contributed by atoms with Crippen LogP contribution >= 0.6 is 0 Å². The van der Waals surface area contributed by atoms with Crippen molar-refractivity contribution in [2.75, 3.05) is 0 Å². The molecule has 0 aromatic heterocycles. The van der Waals surface area contributed by atoms with Gasteiger partial charge in [0.1, 0.15) is 0 Å². The normalized spacial score (nSPS) is 23.9. The van der Waals surface area contributed by atoms with Crippen molar-refractivity contribution < 1.29 is 4.92 Å². The molecule has 0 spiro atoms. The van der Waals surface area contributed by atoms with E-state index >= 15 is 0 Å². The molecule has 0 bridgehead atoms. The molecule has 0 fully saturated rings. The minimum absolute atomic E-state index is 0.234. The van der Waals surface area contributed by atoms with Gasteiger partial charge in [0, 0.05) is 18.3 Å². The molecule has 0 aliphatic heterocycles. The van der Waals surface area contributed by atoms with Crippen molar-refractivity contribution in [3.05, 3.63) is 64.2 Å². The fraction of sp³-hybridized carbons (Fsp3) is 0.231. The Kier molecular flexibility index (Phi) is 2.60. The molecule has 1 aliphatic carbocycles. The van der Waals surface area contributed by atoms with Crippen molar-refractivity contribution in [2.45, 2.75) is 18.9 Å². The number of benzene rings is 1. The van der Waals surface area contributed by atoms with Gasteiger partial charge < -0.3 is 0 Å². The molecule has 1 aromatic carbocycles. The second-order valence-electron chi connectivity index (χ2n) is 4.18. The van der Waals surface area contributed by atoms with E-state index in [0.717, 1.165) is 11.1 Å². The van der Waals surface area contributed by atoms with E-state index < -0.39 is 5.54 Å². The van der Waals surface area contributed by atoms with E-state index in [1.54, 1.807) is 13.0 Å². The first kappa shape index (κ1) is 10.6. The standard InChI is InChI=1S/C13H13NO2/c1-13(14(15)16)9-7-12(8-10-13)11-5-3-2-4-6-11/h2-9H,10H2,1H3. The molecule has 0 heterocycles. The van der Waals surface area contributed by atoms with Crippen LogP contribution in [0.2, 0.25) is 0 Å². The fourth-order valence-corrected chi connectivity index (χ4v) is 1.70. The largest absolute Gasteiger partial charge is 0.264 e. The van der Waals surface area contributed by atoms with Crippen LogP contribution in [0.1, 0.15) is 18.9 Å². The molecular formula is C13H13NO2. The monoisotopic (exact) mass is 215 g/mol. The van der Waals surface area contributed by atoms with Gasteiger partial charge in [-0.05, 0) is 17.2 Å². The van der Waals surface area contributed by atoms with Crippen molar-refractivity contribution >= 4 is 5.57 Å². The predicted molar refractivity (Wildman–Crippen MR) is 63.6 cm³/mol. The van der Waals surface area contributed by atoms with Crippen LogP contribution in [0.3, 0.4) is 0 Å². The third-order valence-corrected chi connectivity index (χ3v) is 2.88. The van der Waals surface area contributed by atoms with Crippen LogP contribution < -0.4 is 0 Å². The number of rotatable bonds is 2. The lowest BCUT2D eigenvalue weighted by molar-refractivity contribution is -0.549. The van der Waals surface area contributed by atoms with E-state index in [9.17, 15) is 10.1 Å². The summed E-state index contributed by atoms with van der Waals surface area (Å²) in [6, 6.07) is 9.89. The second kappa shape index (κ2) is 3.93. The Morgan fingerprint density at radius 3 is 2.50 bits per heavy atom. The molecule has 0 amide bonds. The van der Waals surface area contributed by atoms with Gasteiger partial charge in [-0.3, -0.25) is 10.1 Å². The molecule has 0 radical (unpaired) electrons. The Labute approximate surface area is 94.3 Å². The second-order valence-corrected chi connectivity index (χ2v) is 4.18. The summed E-state index contributed by atoms with van der Waals surface area (Å²) >= 11 is 0. The molecule has 16 heavy (non-hydrogen) atoms. The zero-order valence-electron chi connectivity index (χ0n) is 9.09. The lowest BCUT2D eigenvalue weighted by Crippen LogP contribution is -2.32. The summed E-state index contributed by atoms with van der Waals surface area (Å²) in [6.45, 7) is 1.64. The summed E-state index contributed by atoms with van der Waals surface area (Å²) in [5.74, 6) is 0. The van der Waals surface area contributed by atoms with Gasteiger partial charge in [0.15, 0.2) is 0 Å². The zero-order chi connectivity index (χ0) is 11.6. The number of nitro groups is 1. The molecule has 1 unspecified atom stereocenters. The van der Waals surface area contributed by atoms with Gasteiger partial charge in [-0.25, -0.2) is 0 Å². The van der Waals surface area contributed by atoms with Crippen LogP contribution in [0.15, 0.2) is 48.6 Å². The predicted octanol–water partition coefficient (Wildman–Crippen LogP) is 3.07. The highest BCUT2D eigenvalue weighted by Gasteiger charge is 2.34. The van der Waals surface area contributed by atoms with Crippen LogP contribution in [-0.2, 0) is 0 Å². The average Bonchev–Trinajstić information content (AvgIpc) is 2.31. The Morgan fingerprint density at radius 1 is 1.31 bits per heavy atom. The van der Waals surface area contributed by atoms with E-state index in [1.165, 1.54) is 0 Å². The van der Waals surface area contributed by atoms with Gasteiger partial charge in [-0.15, -0.1) is 0 Å². The smallest absolute Gasteiger partial charge is 0.241 e. The molecule has 1 atom stereocenters. The van der Waals surface area contributed by atoms with Gasteiger partial charge in [0.05, 0.1) is 0 Å². The molecule has 1 aromatic rings. The maximum absolute atomic E-state index is 10.8. The Morgan fingerprint density at radius 2 is 2.00 bits per heavy atom. The lowest BCUT2D eigenvalue weighted by atomic mass is 9.89. The van der Waals surface area contributed by atoms with Crippen LogP contribution in [-0.4, -0.2) is 10.5 Å². The molecule has 0 saturated heterocycles. The highest BCUT2D eigenvalue weighted by atomic mass is 16.6. The van der Waals surface area contributed by atoms with Crippen molar-refractivity contribution in [2.24, 2.45) is 0 Å². The highest BCUT2D eigenvalue weighted by molar-refractivity contribution is 5.75. The summed E-state index contributed by atoms with van der Waals surface area (Å²) in [7, 11) is 0. The first-order valence-corrected chi connectivity index (χ1v) is 5.21. The molecule has 3 nitrogen and oxygen atoms in total. The average molecular weight is 215 g/mol. The number of allylic oxidation sites excluding steroid dienone is 2. The molecule has 82 valence electrons. The summed E-state index contributed by atoms with van der Waals surface area (Å²) in [4.78, 5) is 10.6. The van der Waals surface area contributed by atoms with Crippen LogP contribution in [0.25, 0.3) is 5.57 Å². The molecule has 1 aliphatic rings. The number of hydrogen-bond acceptors (Lipinski definition) is 2. The molecule has 0 saturated carbocycles. The van der Waals surface area contributed by atoms with Crippen molar-refractivity contribution in [3.63, 3.8) is 0 Å². The van der Waals surface area contributed by atoms with E-state index in [1.807, 2.05) is 42.5 Å². The summed E-state index contributed by atoms with van der Waals surface area (Å²) < 4.78 is 0. The Hall–Kier alpha value is -1.90. The van der Waals surface area contributed by atoms with Gasteiger partial charge in [-0.2, -0.15) is 0 Å². The van der Waals surface area contributed by atoms with E-state index in [-0.39, 0.29) is 4.92 Å². The van der Waals surface area contributed by atoms with Crippen LogP contribution in [0.4, 0.5) is 0 Å². The minimum atomic E-state index is -0.946. The van der Waals surface area contributed by atoms with E-state index in [0.29, 0.717) is 6.42 Å². The van der Waals surface area contributed by atoms with Crippen LogP contribution in [0, 0.1) is 10.1 Å². The quantitative estimate of drug-likeness (QED) is 0.562. The number of hydrogen-bond donors (Lipinski definition) is 0. The fourth-order valence-electron chi connectivity index (χ4n) is 1.70. The third kappa shape index (κ3) is 1.89. The van der Waals surface area contributed by atoms with Crippen molar-refractivity contribution in [3.8, 4) is 0 Å². The SMILES string of the molecule is CC1([N+](=O)[O-])C=CC(c2ccccc2)=CC1. The minimum Gasteiger partial charge on any atom is -0.264 e. The highest BCUT2D eigenvalue weighted by Crippen LogP contribution is 2.28. The first-order chi connectivity index (χ1) is 7.62. The lowest BCUT2D eigenvalue weighted by Gasteiger charge is -2.19. The number of nitrogens with zero attached hydrogens (tertiary/aromatic N) is 1. The Balaban J connectivity index is 2.23. The van der Waals surface area contributed by atoms with Gasteiger partial charge >= 0.3 is 0 Å². The maximum atomic E-state index is 10.8. The summed E-state index contributed by atoms with van der Waals surface area (Å²) in [6.07, 6.45) is 5.88.